The summed E-state index contributed by atoms with van der Waals surface area (Å²) < 4.78 is 10.2. The Kier molecular flexibility index (Phi) is 36.2. The lowest BCUT2D eigenvalue weighted by atomic mass is 9.81. The van der Waals surface area contributed by atoms with Crippen molar-refractivity contribution in [2.45, 2.75) is 250 Å². The summed E-state index contributed by atoms with van der Waals surface area (Å²) in [7, 11) is 1.27. The lowest BCUT2D eigenvalue weighted by Gasteiger charge is -2.27. The summed E-state index contributed by atoms with van der Waals surface area (Å²) in [5.74, 6) is -2.74. The van der Waals surface area contributed by atoms with E-state index in [-0.39, 0.29) is 37.9 Å². The van der Waals surface area contributed by atoms with Crippen molar-refractivity contribution in [1.29, 1.82) is 0 Å². The van der Waals surface area contributed by atoms with Gasteiger partial charge in [0.2, 0.25) is 0 Å². The first kappa shape index (κ1) is 57.9. The van der Waals surface area contributed by atoms with Gasteiger partial charge in [-0.15, -0.1) is 0 Å². The average molecular weight is 870 g/mol. The van der Waals surface area contributed by atoms with Gasteiger partial charge in [-0.25, -0.2) is 0 Å². The molecule has 2 aliphatic carbocycles. The van der Waals surface area contributed by atoms with Crippen LogP contribution in [0.25, 0.3) is 0 Å². The first-order chi connectivity index (χ1) is 29.5. The Morgan fingerprint density at radius 1 is 0.623 bits per heavy atom. The number of methoxy groups -OCH3 is 1. The fourth-order valence-electron chi connectivity index (χ4n) is 9.48. The summed E-state index contributed by atoms with van der Waals surface area (Å²) in [6.45, 7) is 6.75. The maximum Gasteiger partial charge on any atom is 0.309 e. The fraction of sp³-hybridized carbons (Fsp3) is 0.961. The SMILES string of the molecule is CCCCCCCCC(C=O)CC1CCCCC1.CCCCCCCCC(CC1CCCCC1)C(=O)OCC(O)(O)CCCCN(CCCCO)CCCCCC(O)(O)OC. The number of aldehydes is 1. The molecule has 2 unspecified atom stereocenters. The van der Waals surface area contributed by atoms with Gasteiger partial charge >= 0.3 is 5.97 Å². The molecular formula is C51H99NO9. The van der Waals surface area contributed by atoms with Gasteiger partial charge in [-0.3, -0.25) is 4.79 Å². The largest absolute Gasteiger partial charge is 0.460 e. The van der Waals surface area contributed by atoms with E-state index in [2.05, 4.69) is 23.5 Å². The molecule has 10 nitrogen and oxygen atoms in total. The Hall–Kier alpha value is -1.14. The molecule has 0 aromatic carbocycles. The van der Waals surface area contributed by atoms with E-state index < -0.39 is 11.8 Å². The second-order valence-electron chi connectivity index (χ2n) is 19.3. The topological polar surface area (TPSA) is 157 Å². The highest BCUT2D eigenvalue weighted by Gasteiger charge is 2.30. The summed E-state index contributed by atoms with van der Waals surface area (Å²) in [6.07, 6.45) is 39.1. The monoisotopic (exact) mass is 870 g/mol. The first-order valence-electron chi connectivity index (χ1n) is 25.9. The summed E-state index contributed by atoms with van der Waals surface area (Å²) >= 11 is 0. The summed E-state index contributed by atoms with van der Waals surface area (Å²) in [5, 5.41) is 49.4. The van der Waals surface area contributed by atoms with Crippen molar-refractivity contribution in [2.75, 3.05) is 40.0 Å². The van der Waals surface area contributed by atoms with Crippen LogP contribution in [-0.2, 0) is 19.1 Å². The summed E-state index contributed by atoms with van der Waals surface area (Å²) in [4.78, 5) is 26.5. The highest BCUT2D eigenvalue weighted by molar-refractivity contribution is 5.72. The van der Waals surface area contributed by atoms with Gasteiger partial charge in [0, 0.05) is 32.5 Å². The third-order valence-corrected chi connectivity index (χ3v) is 13.5. The van der Waals surface area contributed by atoms with Crippen molar-refractivity contribution in [2.24, 2.45) is 23.7 Å². The molecule has 0 amide bonds. The van der Waals surface area contributed by atoms with E-state index in [4.69, 9.17) is 9.84 Å². The average Bonchev–Trinajstić information content (AvgIpc) is 3.26. The molecule has 362 valence electrons. The number of aliphatic hydroxyl groups excluding tert-OH is 1. The van der Waals surface area contributed by atoms with Crippen molar-refractivity contribution >= 4 is 12.3 Å². The summed E-state index contributed by atoms with van der Waals surface area (Å²) in [6, 6.07) is 0. The number of rotatable bonds is 38. The maximum absolute atomic E-state index is 13.1. The van der Waals surface area contributed by atoms with Crippen LogP contribution in [0.15, 0.2) is 0 Å². The number of ether oxygens (including phenoxy) is 2. The normalized spacial score (nSPS) is 16.6. The molecule has 0 heterocycles. The minimum Gasteiger partial charge on any atom is -0.460 e. The van der Waals surface area contributed by atoms with Crippen LogP contribution in [0, 0.1) is 23.7 Å². The highest BCUT2D eigenvalue weighted by Crippen LogP contribution is 2.32. The first-order valence-corrected chi connectivity index (χ1v) is 25.9. The predicted molar refractivity (Wildman–Crippen MR) is 249 cm³/mol. The Bertz CT molecular complexity index is 998. The second kappa shape index (κ2) is 38.2. The standard InChI is InChI=1S/C34H67NO8.C17H32O/c1-3-4-5-6-7-12-21-31(28-30-19-10-8-11-20-30)32(37)43-29-33(38,39)22-14-16-25-35(26-17-18-27-36)24-15-9-13-23-34(40,41)42-2;1-2-3-4-5-6-8-13-17(15-18)14-16-11-9-7-10-12-16/h30-31,36,38-41H,3-29H2,1-2H3;15-17H,2-14H2,1H3. The minimum absolute atomic E-state index is 0.140. The molecule has 2 saturated carbocycles. The molecule has 0 bridgehead atoms. The zero-order chi connectivity index (χ0) is 44.9. The number of esters is 1. The molecule has 0 aromatic heterocycles. The number of hydrogen-bond donors (Lipinski definition) is 5. The molecule has 0 aliphatic heterocycles. The summed E-state index contributed by atoms with van der Waals surface area (Å²) in [5.41, 5.74) is 0. The minimum atomic E-state index is -2.07. The maximum atomic E-state index is 13.1. The lowest BCUT2D eigenvalue weighted by molar-refractivity contribution is -0.329. The molecule has 10 heteroatoms. The van der Waals surface area contributed by atoms with E-state index in [0.29, 0.717) is 24.7 Å². The smallest absolute Gasteiger partial charge is 0.309 e. The van der Waals surface area contributed by atoms with Gasteiger partial charge in [0.25, 0.3) is 5.97 Å². The van der Waals surface area contributed by atoms with Crippen LogP contribution in [0.2, 0.25) is 0 Å². The van der Waals surface area contributed by atoms with Gasteiger partial charge in [0.05, 0.1) is 5.92 Å². The quantitative estimate of drug-likeness (QED) is 0.0175. The zero-order valence-corrected chi connectivity index (χ0v) is 40.0. The zero-order valence-electron chi connectivity index (χ0n) is 40.0. The van der Waals surface area contributed by atoms with Gasteiger partial charge in [-0.05, 0) is 95.7 Å². The molecule has 5 N–H and O–H groups in total. The van der Waals surface area contributed by atoms with Gasteiger partial charge in [-0.2, -0.15) is 0 Å². The Morgan fingerprint density at radius 2 is 1.10 bits per heavy atom. The molecule has 0 saturated heterocycles. The molecule has 0 aromatic rings. The number of unbranched alkanes of at least 4 members (excludes halogenated alkanes) is 14. The fourth-order valence-corrected chi connectivity index (χ4v) is 9.48. The van der Waals surface area contributed by atoms with Crippen molar-refractivity contribution in [3.8, 4) is 0 Å². The molecule has 2 aliphatic rings. The van der Waals surface area contributed by atoms with Crippen LogP contribution in [-0.4, -0.2) is 94.4 Å². The Morgan fingerprint density at radius 3 is 1.64 bits per heavy atom. The van der Waals surface area contributed by atoms with Gasteiger partial charge < -0.3 is 44.7 Å². The molecule has 2 atom stereocenters. The third-order valence-electron chi connectivity index (χ3n) is 13.5. The molecule has 0 radical (unpaired) electrons. The number of carbonyl (C=O) groups is 2. The Balaban J connectivity index is 0.000000856. The number of nitrogens with zero attached hydrogens (tertiary/aromatic N) is 1. The van der Waals surface area contributed by atoms with Crippen LogP contribution >= 0.6 is 0 Å². The van der Waals surface area contributed by atoms with E-state index in [1.165, 1.54) is 148 Å². The van der Waals surface area contributed by atoms with Crippen molar-refractivity contribution in [1.82, 2.24) is 4.90 Å². The highest BCUT2D eigenvalue weighted by atomic mass is 16.8. The molecule has 2 fully saturated rings. The van der Waals surface area contributed by atoms with E-state index in [1.807, 2.05) is 0 Å². The molecule has 0 spiro atoms. The van der Waals surface area contributed by atoms with Crippen LogP contribution in [0.3, 0.4) is 0 Å². The predicted octanol–water partition coefficient (Wildman–Crippen LogP) is 11.2. The third kappa shape index (κ3) is 33.1. The van der Waals surface area contributed by atoms with E-state index >= 15 is 0 Å². The Labute approximate surface area is 374 Å². The van der Waals surface area contributed by atoms with Gasteiger partial charge in [0.15, 0.2) is 5.79 Å². The van der Waals surface area contributed by atoms with Gasteiger partial charge in [0.1, 0.15) is 12.9 Å². The van der Waals surface area contributed by atoms with E-state index in [9.17, 15) is 30.0 Å². The van der Waals surface area contributed by atoms with E-state index in [0.717, 1.165) is 89.8 Å². The lowest BCUT2D eigenvalue weighted by Crippen LogP contribution is -2.37. The molecule has 2 rings (SSSR count). The van der Waals surface area contributed by atoms with Crippen LogP contribution in [0.4, 0.5) is 0 Å². The number of aliphatic hydroxyl groups is 5. The molecular weight excluding hydrogens is 771 g/mol. The van der Waals surface area contributed by atoms with Crippen LogP contribution in [0.5, 0.6) is 0 Å². The van der Waals surface area contributed by atoms with E-state index in [1.54, 1.807) is 0 Å². The second-order valence-corrected chi connectivity index (χ2v) is 19.3. The number of hydrogen-bond acceptors (Lipinski definition) is 10. The molecule has 61 heavy (non-hydrogen) atoms. The van der Waals surface area contributed by atoms with Crippen LogP contribution < -0.4 is 0 Å². The van der Waals surface area contributed by atoms with Crippen LogP contribution in [0.1, 0.15) is 239 Å². The van der Waals surface area contributed by atoms with Crippen molar-refractivity contribution in [3.63, 3.8) is 0 Å². The number of carbonyl (C=O) groups excluding carboxylic acids is 2. The van der Waals surface area contributed by atoms with Crippen molar-refractivity contribution in [3.05, 3.63) is 0 Å². The van der Waals surface area contributed by atoms with Crippen molar-refractivity contribution < 1.29 is 44.6 Å². The van der Waals surface area contributed by atoms with Gasteiger partial charge in [-0.1, -0.05) is 162 Å².